The number of sulfone groups is 1. The van der Waals surface area contributed by atoms with E-state index >= 15 is 0 Å². The molecule has 1 aliphatic heterocycles. The molecule has 0 amide bonds. The van der Waals surface area contributed by atoms with Gasteiger partial charge in [0.05, 0.1) is 10.1 Å². The molecular formula is C24H27F2N3O3S. The molecule has 0 N–H and O–H groups in total. The Bertz CT molecular complexity index is 1340. The van der Waals surface area contributed by atoms with E-state index in [9.17, 15) is 22.0 Å². The summed E-state index contributed by atoms with van der Waals surface area (Å²) in [5, 5.41) is -0.615. The van der Waals surface area contributed by atoms with Crippen LogP contribution in [0.2, 0.25) is 0 Å². The summed E-state index contributed by atoms with van der Waals surface area (Å²) >= 11 is 0. The summed E-state index contributed by atoms with van der Waals surface area (Å²) in [6.07, 6.45) is 8.08. The zero-order valence-electron chi connectivity index (χ0n) is 18.9. The number of aromatic nitrogens is 2. The number of allylic oxidation sites excluding steroid dienone is 1. The first-order valence-corrected chi connectivity index (χ1v) is 12.8. The Balaban J connectivity index is 1.65. The van der Waals surface area contributed by atoms with E-state index in [1.807, 2.05) is 17.1 Å². The van der Waals surface area contributed by atoms with Gasteiger partial charge in [0.1, 0.15) is 5.82 Å². The molecule has 0 radical (unpaired) electrons. The van der Waals surface area contributed by atoms with Gasteiger partial charge in [-0.15, -0.1) is 0 Å². The molecule has 2 aliphatic carbocycles. The maximum Gasteiger partial charge on any atom is 0.254 e. The Kier molecular flexibility index (Phi) is 4.87. The lowest BCUT2D eigenvalue weighted by atomic mass is 9.92. The fraction of sp³-hybridized carbons (Fsp3) is 0.500. The van der Waals surface area contributed by atoms with Gasteiger partial charge < -0.3 is 9.47 Å². The summed E-state index contributed by atoms with van der Waals surface area (Å²) in [5.74, 6) is -2.02. The third kappa shape index (κ3) is 3.34. The standard InChI is InChI=1S/C24H27F2N3O3S/c1-15(2)33(31,32)16-11-19(20-13-28(3)22(30)18-6-4-5-17(18)20)21(27-12-16)29-9-7-23(8-10-29)14-24(23,25)26/h4-5,11-13,15H,6-10,14H2,1-3H3. The second kappa shape index (κ2) is 7.22. The van der Waals surface area contributed by atoms with Gasteiger partial charge in [-0.3, -0.25) is 4.79 Å². The van der Waals surface area contributed by atoms with Crippen molar-refractivity contribution in [3.63, 3.8) is 0 Å². The quantitative estimate of drug-likeness (QED) is 0.672. The molecule has 0 atom stereocenters. The van der Waals surface area contributed by atoms with Crippen molar-refractivity contribution < 1.29 is 17.2 Å². The molecule has 2 fully saturated rings. The fourth-order valence-electron chi connectivity index (χ4n) is 5.10. The predicted octanol–water partition coefficient (Wildman–Crippen LogP) is 3.82. The van der Waals surface area contributed by atoms with Crippen molar-refractivity contribution in [2.24, 2.45) is 12.5 Å². The van der Waals surface area contributed by atoms with Crippen molar-refractivity contribution in [3.8, 4) is 11.1 Å². The van der Waals surface area contributed by atoms with E-state index in [2.05, 4.69) is 4.98 Å². The fourth-order valence-corrected chi connectivity index (χ4v) is 6.12. The normalized spacial score (nSPS) is 20.5. The number of rotatable bonds is 4. The molecule has 3 heterocycles. The zero-order valence-corrected chi connectivity index (χ0v) is 19.8. The highest BCUT2D eigenvalue weighted by Gasteiger charge is 2.70. The van der Waals surface area contributed by atoms with Crippen LogP contribution in [0.25, 0.3) is 17.2 Å². The van der Waals surface area contributed by atoms with Crippen LogP contribution >= 0.6 is 0 Å². The molecule has 0 aromatic carbocycles. The van der Waals surface area contributed by atoms with Gasteiger partial charge in [0.25, 0.3) is 11.5 Å². The van der Waals surface area contributed by atoms with Crippen LogP contribution in [0.4, 0.5) is 14.6 Å². The number of piperidine rings is 1. The van der Waals surface area contributed by atoms with Crippen LogP contribution in [0, 0.1) is 5.41 Å². The molecule has 1 spiro atoms. The van der Waals surface area contributed by atoms with Gasteiger partial charge in [-0.1, -0.05) is 12.2 Å². The molecule has 2 aromatic rings. The monoisotopic (exact) mass is 475 g/mol. The van der Waals surface area contributed by atoms with Crippen LogP contribution in [0.1, 0.15) is 44.2 Å². The van der Waals surface area contributed by atoms with E-state index in [4.69, 9.17) is 0 Å². The van der Waals surface area contributed by atoms with E-state index in [1.54, 1.807) is 33.2 Å². The summed E-state index contributed by atoms with van der Waals surface area (Å²) in [5.41, 5.74) is 1.77. The first-order chi connectivity index (χ1) is 15.5. The number of alkyl halides is 2. The van der Waals surface area contributed by atoms with E-state index in [-0.39, 0.29) is 16.9 Å². The first kappa shape index (κ1) is 22.3. The number of nitrogens with zero attached hydrogens (tertiary/aromatic N) is 3. The van der Waals surface area contributed by atoms with Gasteiger partial charge in [-0.05, 0) is 44.7 Å². The summed E-state index contributed by atoms with van der Waals surface area (Å²) in [6.45, 7) is 4.09. The number of hydrogen-bond acceptors (Lipinski definition) is 5. The summed E-state index contributed by atoms with van der Waals surface area (Å²) in [6, 6.07) is 1.63. The maximum absolute atomic E-state index is 13.9. The number of halogens is 2. The number of hydrogen-bond donors (Lipinski definition) is 0. The topological polar surface area (TPSA) is 72.3 Å². The van der Waals surface area contributed by atoms with E-state index < -0.39 is 26.4 Å². The second-order valence-electron chi connectivity index (χ2n) is 9.74. The minimum atomic E-state index is -3.58. The first-order valence-electron chi connectivity index (χ1n) is 11.2. The van der Waals surface area contributed by atoms with Gasteiger partial charge in [-0.25, -0.2) is 22.2 Å². The van der Waals surface area contributed by atoms with Gasteiger partial charge in [0.2, 0.25) is 0 Å². The van der Waals surface area contributed by atoms with Gasteiger partial charge in [-0.2, -0.15) is 0 Å². The lowest BCUT2D eigenvalue weighted by Crippen LogP contribution is -2.37. The summed E-state index contributed by atoms with van der Waals surface area (Å²) in [4.78, 5) is 19.3. The van der Waals surface area contributed by atoms with Crippen molar-refractivity contribution in [1.82, 2.24) is 9.55 Å². The van der Waals surface area contributed by atoms with Crippen LogP contribution in [-0.2, 0) is 23.3 Å². The van der Waals surface area contributed by atoms with E-state index in [0.717, 1.165) is 11.1 Å². The molecule has 9 heteroatoms. The third-order valence-corrected chi connectivity index (χ3v) is 9.56. The van der Waals surface area contributed by atoms with Crippen LogP contribution < -0.4 is 10.5 Å². The van der Waals surface area contributed by atoms with Crippen molar-refractivity contribution in [2.75, 3.05) is 18.0 Å². The Hall–Kier alpha value is -2.55. The second-order valence-corrected chi connectivity index (χ2v) is 12.2. The summed E-state index contributed by atoms with van der Waals surface area (Å²) < 4.78 is 55.1. The zero-order chi connectivity index (χ0) is 23.8. The highest BCUT2D eigenvalue weighted by atomic mass is 32.2. The Morgan fingerprint density at radius 2 is 1.82 bits per heavy atom. The van der Waals surface area contributed by atoms with Crippen molar-refractivity contribution in [3.05, 3.63) is 46.0 Å². The van der Waals surface area contributed by atoms with Gasteiger partial charge in [0, 0.05) is 61.1 Å². The molecule has 0 unspecified atom stereocenters. The van der Waals surface area contributed by atoms with Crippen molar-refractivity contribution >= 4 is 21.7 Å². The third-order valence-electron chi connectivity index (χ3n) is 7.44. The summed E-state index contributed by atoms with van der Waals surface area (Å²) in [7, 11) is -1.91. The SMILES string of the molecule is CC(C)S(=O)(=O)c1cnc(N2CCC3(CC2)CC3(F)F)c(-c2cn(C)c(=O)c3c2C=CC3)c1. The molecule has 2 aromatic heterocycles. The molecule has 0 bridgehead atoms. The van der Waals surface area contributed by atoms with E-state index in [0.29, 0.717) is 49.3 Å². The molecule has 1 saturated heterocycles. The molecule has 5 rings (SSSR count). The minimum absolute atomic E-state index is 0.0568. The average Bonchev–Trinajstić information content (AvgIpc) is 3.10. The molecule has 6 nitrogen and oxygen atoms in total. The average molecular weight is 476 g/mol. The Morgan fingerprint density at radius 1 is 1.15 bits per heavy atom. The van der Waals surface area contributed by atoms with Crippen LogP contribution in [0.3, 0.4) is 0 Å². The van der Waals surface area contributed by atoms with Crippen LogP contribution in [0.5, 0.6) is 0 Å². The molecule has 3 aliphatic rings. The highest BCUT2D eigenvalue weighted by Crippen LogP contribution is 2.66. The molecule has 33 heavy (non-hydrogen) atoms. The number of anilines is 1. The Morgan fingerprint density at radius 3 is 2.42 bits per heavy atom. The largest absolute Gasteiger partial charge is 0.356 e. The lowest BCUT2D eigenvalue weighted by Gasteiger charge is -2.34. The maximum atomic E-state index is 13.9. The van der Waals surface area contributed by atoms with Crippen LogP contribution in [-0.4, -0.2) is 42.2 Å². The predicted molar refractivity (Wildman–Crippen MR) is 123 cm³/mol. The van der Waals surface area contributed by atoms with E-state index in [1.165, 1.54) is 10.8 Å². The smallest absolute Gasteiger partial charge is 0.254 e. The molecule has 176 valence electrons. The minimum Gasteiger partial charge on any atom is -0.356 e. The van der Waals surface area contributed by atoms with Gasteiger partial charge >= 0.3 is 0 Å². The number of aryl methyl sites for hydroxylation is 1. The van der Waals surface area contributed by atoms with Gasteiger partial charge in [0.15, 0.2) is 9.84 Å². The highest BCUT2D eigenvalue weighted by molar-refractivity contribution is 7.92. The molecule has 1 saturated carbocycles. The van der Waals surface area contributed by atoms with Crippen molar-refractivity contribution in [1.29, 1.82) is 0 Å². The number of fused-ring (bicyclic) bond motifs is 1. The van der Waals surface area contributed by atoms with Crippen LogP contribution in [0.15, 0.2) is 34.2 Å². The number of pyridine rings is 2. The molecular weight excluding hydrogens is 448 g/mol. The van der Waals surface area contributed by atoms with Crippen molar-refractivity contribution in [2.45, 2.75) is 55.6 Å². The Labute approximate surface area is 191 Å². The lowest BCUT2D eigenvalue weighted by molar-refractivity contribution is 0.0536.